The van der Waals surface area contributed by atoms with Crippen molar-refractivity contribution in [2.24, 2.45) is 0 Å². The van der Waals surface area contributed by atoms with Gasteiger partial charge < -0.3 is 0 Å². The fraction of sp³-hybridized carbons (Fsp3) is 0.176. The molecule has 1 aromatic heterocycles. The topological polar surface area (TPSA) is 30.7 Å². The van der Waals surface area contributed by atoms with E-state index >= 15 is 0 Å². The van der Waals surface area contributed by atoms with Crippen LogP contribution in [0.25, 0.3) is 11.3 Å². The first kappa shape index (κ1) is 14.0. The van der Waals surface area contributed by atoms with E-state index in [0.29, 0.717) is 0 Å². The summed E-state index contributed by atoms with van der Waals surface area (Å²) in [5.41, 5.74) is 4.64. The van der Waals surface area contributed by atoms with E-state index in [2.05, 4.69) is 75.6 Å². The zero-order valence-corrected chi connectivity index (χ0v) is 13.4. The van der Waals surface area contributed by atoms with Crippen LogP contribution in [-0.4, -0.2) is 15.0 Å². The van der Waals surface area contributed by atoms with Crippen LogP contribution >= 0.6 is 15.9 Å². The summed E-state index contributed by atoms with van der Waals surface area (Å²) in [5, 5.41) is 8.41. The largest absolute Gasteiger partial charge is 0.252 e. The van der Waals surface area contributed by atoms with Crippen molar-refractivity contribution in [3.63, 3.8) is 0 Å². The van der Waals surface area contributed by atoms with Gasteiger partial charge in [0.2, 0.25) is 0 Å². The first-order valence-corrected chi connectivity index (χ1v) is 7.78. The van der Waals surface area contributed by atoms with Crippen LogP contribution in [0.5, 0.6) is 0 Å². The Morgan fingerprint density at radius 2 is 1.81 bits per heavy atom. The maximum atomic E-state index is 4.28. The Morgan fingerprint density at radius 3 is 2.52 bits per heavy atom. The Bertz CT molecular complexity index is 732. The molecule has 21 heavy (non-hydrogen) atoms. The Morgan fingerprint density at radius 1 is 1.05 bits per heavy atom. The van der Waals surface area contributed by atoms with Crippen molar-refractivity contribution < 1.29 is 0 Å². The predicted octanol–water partition coefficient (Wildman–Crippen LogP) is 4.32. The molecular weight excluding hydrogens is 326 g/mol. The molecule has 0 bridgehead atoms. The second kappa shape index (κ2) is 6.22. The van der Waals surface area contributed by atoms with Gasteiger partial charge in [0.25, 0.3) is 0 Å². The molecule has 0 aliphatic heterocycles. The number of nitrogens with zero attached hydrogens (tertiary/aromatic N) is 3. The average Bonchev–Trinajstić information content (AvgIpc) is 2.99. The first-order chi connectivity index (χ1) is 10.3. The molecule has 0 atom stereocenters. The third-order valence-corrected chi connectivity index (χ3v) is 3.99. The molecule has 1 heterocycles. The van der Waals surface area contributed by atoms with Gasteiger partial charge in [0, 0.05) is 16.6 Å². The number of aromatic nitrogens is 3. The Kier molecular flexibility index (Phi) is 4.15. The maximum absolute atomic E-state index is 4.28. The normalized spacial score (nSPS) is 10.8. The highest BCUT2D eigenvalue weighted by Crippen LogP contribution is 2.24. The predicted molar refractivity (Wildman–Crippen MR) is 88.1 cm³/mol. The summed E-state index contributed by atoms with van der Waals surface area (Å²) in [6.07, 6.45) is 2.89. The second-order valence-electron chi connectivity index (χ2n) is 4.92. The molecule has 0 aliphatic carbocycles. The van der Waals surface area contributed by atoms with Crippen molar-refractivity contribution in [3.8, 4) is 11.3 Å². The summed E-state index contributed by atoms with van der Waals surface area (Å²) in [4.78, 5) is 0. The molecule has 2 aromatic carbocycles. The van der Waals surface area contributed by atoms with Crippen molar-refractivity contribution >= 4 is 15.9 Å². The molecule has 0 saturated carbocycles. The molecule has 3 rings (SSSR count). The summed E-state index contributed by atoms with van der Waals surface area (Å²) in [7, 11) is 0. The standard InChI is InChI=1S/C17H16BrN3/c1-2-21-12-17(19-20-21)16-6-4-3-5-14(16)11-13-7-9-15(18)10-8-13/h3-10,12H,2,11H2,1H3. The Balaban J connectivity index is 1.94. The van der Waals surface area contributed by atoms with E-state index in [1.807, 2.05) is 16.9 Å². The molecule has 106 valence electrons. The van der Waals surface area contributed by atoms with Crippen molar-refractivity contribution in [2.45, 2.75) is 19.9 Å². The quantitative estimate of drug-likeness (QED) is 0.707. The lowest BCUT2D eigenvalue weighted by Gasteiger charge is -2.07. The molecule has 0 N–H and O–H groups in total. The van der Waals surface area contributed by atoms with Crippen LogP contribution in [0.1, 0.15) is 18.1 Å². The summed E-state index contributed by atoms with van der Waals surface area (Å²) in [6.45, 7) is 2.90. The van der Waals surface area contributed by atoms with E-state index in [4.69, 9.17) is 0 Å². The van der Waals surface area contributed by atoms with E-state index < -0.39 is 0 Å². The van der Waals surface area contributed by atoms with E-state index in [0.717, 1.165) is 28.7 Å². The molecule has 0 saturated heterocycles. The fourth-order valence-corrected chi connectivity index (χ4v) is 2.59. The van der Waals surface area contributed by atoms with Crippen LogP contribution in [0.4, 0.5) is 0 Å². The van der Waals surface area contributed by atoms with Crippen molar-refractivity contribution in [1.29, 1.82) is 0 Å². The highest BCUT2D eigenvalue weighted by atomic mass is 79.9. The van der Waals surface area contributed by atoms with Gasteiger partial charge in [-0.2, -0.15) is 0 Å². The lowest BCUT2D eigenvalue weighted by atomic mass is 9.98. The monoisotopic (exact) mass is 341 g/mol. The third kappa shape index (κ3) is 3.22. The summed E-state index contributed by atoms with van der Waals surface area (Å²) >= 11 is 3.47. The van der Waals surface area contributed by atoms with Crippen LogP contribution in [-0.2, 0) is 13.0 Å². The summed E-state index contributed by atoms with van der Waals surface area (Å²) in [6, 6.07) is 16.8. The molecular formula is C17H16BrN3. The van der Waals surface area contributed by atoms with Crippen LogP contribution in [0.3, 0.4) is 0 Å². The lowest BCUT2D eigenvalue weighted by molar-refractivity contribution is 0.627. The van der Waals surface area contributed by atoms with Crippen molar-refractivity contribution in [2.75, 3.05) is 0 Å². The van der Waals surface area contributed by atoms with Gasteiger partial charge in [-0.1, -0.05) is 57.5 Å². The number of halogens is 1. The van der Waals surface area contributed by atoms with Crippen LogP contribution in [0, 0.1) is 0 Å². The van der Waals surface area contributed by atoms with Gasteiger partial charge in [-0.3, -0.25) is 4.68 Å². The van der Waals surface area contributed by atoms with E-state index in [9.17, 15) is 0 Å². The zero-order valence-electron chi connectivity index (χ0n) is 11.8. The molecule has 0 spiro atoms. The highest BCUT2D eigenvalue weighted by Gasteiger charge is 2.09. The van der Waals surface area contributed by atoms with Gasteiger partial charge in [0.1, 0.15) is 5.69 Å². The molecule has 4 heteroatoms. The van der Waals surface area contributed by atoms with E-state index in [-0.39, 0.29) is 0 Å². The van der Waals surface area contributed by atoms with Crippen LogP contribution in [0.2, 0.25) is 0 Å². The van der Waals surface area contributed by atoms with Gasteiger partial charge in [0.15, 0.2) is 0 Å². The van der Waals surface area contributed by atoms with Gasteiger partial charge in [0.05, 0.1) is 6.20 Å². The van der Waals surface area contributed by atoms with Crippen LogP contribution in [0.15, 0.2) is 59.2 Å². The maximum Gasteiger partial charge on any atom is 0.113 e. The first-order valence-electron chi connectivity index (χ1n) is 6.99. The number of hydrogen-bond donors (Lipinski definition) is 0. The molecule has 3 nitrogen and oxygen atoms in total. The van der Waals surface area contributed by atoms with Crippen molar-refractivity contribution in [3.05, 3.63) is 70.3 Å². The smallest absolute Gasteiger partial charge is 0.113 e. The van der Waals surface area contributed by atoms with Crippen LogP contribution < -0.4 is 0 Å². The minimum atomic E-state index is 0.835. The van der Waals surface area contributed by atoms with Gasteiger partial charge in [-0.25, -0.2) is 0 Å². The molecule has 3 aromatic rings. The van der Waals surface area contributed by atoms with Crippen molar-refractivity contribution in [1.82, 2.24) is 15.0 Å². The van der Waals surface area contributed by atoms with Gasteiger partial charge in [-0.15, -0.1) is 5.10 Å². The Hall–Kier alpha value is -1.94. The third-order valence-electron chi connectivity index (χ3n) is 3.46. The van der Waals surface area contributed by atoms with Gasteiger partial charge >= 0.3 is 0 Å². The summed E-state index contributed by atoms with van der Waals surface area (Å²) in [5.74, 6) is 0. The molecule has 0 aliphatic rings. The molecule has 0 unspecified atom stereocenters. The lowest BCUT2D eigenvalue weighted by Crippen LogP contribution is -1.93. The molecule has 0 fully saturated rings. The number of benzene rings is 2. The Labute approximate surface area is 132 Å². The van der Waals surface area contributed by atoms with E-state index in [1.54, 1.807) is 0 Å². The minimum Gasteiger partial charge on any atom is -0.252 e. The van der Waals surface area contributed by atoms with Gasteiger partial charge in [-0.05, 0) is 36.6 Å². The highest BCUT2D eigenvalue weighted by molar-refractivity contribution is 9.10. The molecule has 0 amide bonds. The number of aryl methyl sites for hydroxylation is 1. The van der Waals surface area contributed by atoms with E-state index in [1.165, 1.54) is 11.1 Å². The summed E-state index contributed by atoms with van der Waals surface area (Å²) < 4.78 is 2.96. The second-order valence-corrected chi connectivity index (χ2v) is 5.84. The average molecular weight is 342 g/mol. The minimum absolute atomic E-state index is 0.835. The zero-order chi connectivity index (χ0) is 14.7. The molecule has 0 radical (unpaired) electrons. The fourth-order valence-electron chi connectivity index (χ4n) is 2.32. The number of hydrogen-bond acceptors (Lipinski definition) is 2. The number of rotatable bonds is 4. The SMILES string of the molecule is CCn1cc(-c2ccccc2Cc2ccc(Br)cc2)nn1.